The summed E-state index contributed by atoms with van der Waals surface area (Å²) in [6, 6.07) is 11.7. The van der Waals surface area contributed by atoms with Crippen LogP contribution >= 0.6 is 0 Å². The van der Waals surface area contributed by atoms with Gasteiger partial charge >= 0.3 is 0 Å². The summed E-state index contributed by atoms with van der Waals surface area (Å²) in [5, 5.41) is 23.1. The highest BCUT2D eigenvalue weighted by atomic mass is 16.3. The van der Waals surface area contributed by atoms with Crippen LogP contribution in [0.5, 0.6) is 11.5 Å². The summed E-state index contributed by atoms with van der Waals surface area (Å²) in [6.45, 7) is 8.49. The van der Waals surface area contributed by atoms with E-state index in [-0.39, 0.29) is 11.5 Å². The van der Waals surface area contributed by atoms with Crippen LogP contribution in [-0.2, 0) is 12.8 Å². The van der Waals surface area contributed by atoms with E-state index >= 15 is 0 Å². The van der Waals surface area contributed by atoms with Crippen molar-refractivity contribution in [3.63, 3.8) is 0 Å². The smallest absolute Gasteiger partial charge is 0.139 e. The minimum Gasteiger partial charge on any atom is -0.508 e. The zero-order valence-electron chi connectivity index (χ0n) is 19.9. The molecule has 2 aromatic carbocycles. The molecule has 32 heavy (non-hydrogen) atoms. The Morgan fingerprint density at radius 3 is 2.50 bits per heavy atom. The highest BCUT2D eigenvalue weighted by Crippen LogP contribution is 2.43. The Labute approximate surface area is 192 Å². The number of hydrogen-bond donors (Lipinski definition) is 2. The Hall–Kier alpha value is -2.94. The average Bonchev–Trinajstić information content (AvgIpc) is 3.17. The number of allylic oxidation sites excluding steroid dienone is 4. The molecule has 0 amide bonds. The number of fused-ring (bicyclic) bond motifs is 1. The van der Waals surface area contributed by atoms with Crippen molar-refractivity contribution in [2.45, 2.75) is 72.6 Å². The van der Waals surface area contributed by atoms with E-state index < -0.39 is 0 Å². The maximum absolute atomic E-state index is 11.3. The fourth-order valence-electron chi connectivity index (χ4n) is 4.06. The number of aromatic hydroxyl groups is 2. The standard InChI is InChI=1S/C29H36O3/c1-5-6-7-14-23-18-25(30)24(17-16-21(4)12-10-11-20(2)3)29(31)28(23)27-19-22-13-8-9-15-26(22)32-27/h8-9,11,13,15-16,18-19,30-31H,5-7,10,12,14,17H2,1-4H3. The highest BCUT2D eigenvalue weighted by molar-refractivity contribution is 5.85. The highest BCUT2D eigenvalue weighted by Gasteiger charge is 2.21. The normalized spacial score (nSPS) is 11.8. The molecule has 3 rings (SSSR count). The zero-order chi connectivity index (χ0) is 23.1. The van der Waals surface area contributed by atoms with E-state index in [1.54, 1.807) is 0 Å². The summed E-state index contributed by atoms with van der Waals surface area (Å²) in [7, 11) is 0. The number of rotatable bonds is 10. The van der Waals surface area contributed by atoms with Crippen molar-refractivity contribution < 1.29 is 14.6 Å². The molecule has 0 spiro atoms. The number of hydrogen-bond acceptors (Lipinski definition) is 3. The van der Waals surface area contributed by atoms with Crippen molar-refractivity contribution in [2.24, 2.45) is 0 Å². The SMILES string of the molecule is CCCCCc1cc(O)c(CC=C(C)CCC=C(C)C)c(O)c1-c1cc2ccccc2o1. The largest absolute Gasteiger partial charge is 0.508 e. The molecule has 3 heteroatoms. The third-order valence-corrected chi connectivity index (χ3v) is 5.93. The summed E-state index contributed by atoms with van der Waals surface area (Å²) in [5.41, 5.74) is 5.56. The van der Waals surface area contributed by atoms with Gasteiger partial charge in [0.25, 0.3) is 0 Å². The molecule has 0 radical (unpaired) electrons. The number of furan rings is 1. The topological polar surface area (TPSA) is 53.6 Å². The Balaban J connectivity index is 1.98. The van der Waals surface area contributed by atoms with Crippen LogP contribution in [0.4, 0.5) is 0 Å². The Morgan fingerprint density at radius 1 is 1.00 bits per heavy atom. The van der Waals surface area contributed by atoms with Crippen molar-refractivity contribution in [3.05, 3.63) is 70.8 Å². The molecule has 0 aliphatic heterocycles. The van der Waals surface area contributed by atoms with Crippen molar-refractivity contribution in [1.82, 2.24) is 0 Å². The van der Waals surface area contributed by atoms with Crippen LogP contribution in [-0.4, -0.2) is 10.2 Å². The fraction of sp³-hybridized carbons (Fsp3) is 0.379. The Bertz CT molecular complexity index is 1080. The van der Waals surface area contributed by atoms with E-state index in [0.29, 0.717) is 23.3 Å². The van der Waals surface area contributed by atoms with Crippen LogP contribution < -0.4 is 0 Å². The van der Waals surface area contributed by atoms with Gasteiger partial charge in [-0.25, -0.2) is 0 Å². The molecule has 0 saturated carbocycles. The van der Waals surface area contributed by atoms with E-state index in [9.17, 15) is 10.2 Å². The first kappa shape index (κ1) is 23.7. The van der Waals surface area contributed by atoms with Crippen molar-refractivity contribution in [2.75, 3.05) is 0 Å². The number of para-hydroxylation sites is 1. The first-order valence-corrected chi connectivity index (χ1v) is 11.7. The van der Waals surface area contributed by atoms with Gasteiger partial charge in [0.2, 0.25) is 0 Å². The maximum atomic E-state index is 11.3. The zero-order valence-corrected chi connectivity index (χ0v) is 19.9. The lowest BCUT2D eigenvalue weighted by molar-refractivity contribution is 0.439. The van der Waals surface area contributed by atoms with E-state index in [0.717, 1.165) is 55.1 Å². The van der Waals surface area contributed by atoms with Crippen molar-refractivity contribution in [3.8, 4) is 22.8 Å². The molecule has 3 aromatic rings. The predicted octanol–water partition coefficient (Wildman–Crippen LogP) is 8.48. The summed E-state index contributed by atoms with van der Waals surface area (Å²) < 4.78 is 6.11. The minimum atomic E-state index is 0.129. The summed E-state index contributed by atoms with van der Waals surface area (Å²) in [4.78, 5) is 0. The van der Waals surface area contributed by atoms with E-state index in [1.807, 2.05) is 36.4 Å². The Morgan fingerprint density at radius 2 is 1.78 bits per heavy atom. The second kappa shape index (κ2) is 11.1. The summed E-state index contributed by atoms with van der Waals surface area (Å²) in [6.07, 6.45) is 10.8. The third kappa shape index (κ3) is 5.85. The van der Waals surface area contributed by atoms with Gasteiger partial charge in [-0.3, -0.25) is 0 Å². The molecule has 1 aromatic heterocycles. The molecule has 0 aliphatic carbocycles. The molecule has 1 heterocycles. The second-order valence-electron chi connectivity index (χ2n) is 8.94. The van der Waals surface area contributed by atoms with Crippen LogP contribution in [0.15, 0.2) is 64.1 Å². The van der Waals surface area contributed by atoms with Crippen molar-refractivity contribution >= 4 is 11.0 Å². The molecular formula is C29H36O3. The van der Waals surface area contributed by atoms with Crippen LogP contribution in [0.2, 0.25) is 0 Å². The lowest BCUT2D eigenvalue weighted by Crippen LogP contribution is -1.96. The number of phenolic OH excluding ortho intramolecular Hbond substituents is 2. The van der Waals surface area contributed by atoms with Gasteiger partial charge in [-0.05, 0) is 76.6 Å². The van der Waals surface area contributed by atoms with Gasteiger partial charge in [-0.15, -0.1) is 0 Å². The van der Waals surface area contributed by atoms with Crippen molar-refractivity contribution in [1.29, 1.82) is 0 Å². The summed E-state index contributed by atoms with van der Waals surface area (Å²) in [5.74, 6) is 0.937. The molecule has 0 atom stereocenters. The lowest BCUT2D eigenvalue weighted by Gasteiger charge is -2.15. The average molecular weight is 433 g/mol. The second-order valence-corrected chi connectivity index (χ2v) is 8.94. The summed E-state index contributed by atoms with van der Waals surface area (Å²) >= 11 is 0. The quantitative estimate of drug-likeness (QED) is 0.249. The van der Waals surface area contributed by atoms with E-state index in [2.05, 4.69) is 39.8 Å². The Kier molecular flexibility index (Phi) is 8.21. The first-order valence-electron chi connectivity index (χ1n) is 11.7. The number of phenols is 2. The minimum absolute atomic E-state index is 0.129. The van der Waals surface area contributed by atoms with Gasteiger partial charge in [-0.1, -0.05) is 61.3 Å². The van der Waals surface area contributed by atoms with Gasteiger partial charge in [0.1, 0.15) is 22.8 Å². The number of aryl methyl sites for hydroxylation is 1. The van der Waals surface area contributed by atoms with E-state index in [1.165, 1.54) is 11.1 Å². The van der Waals surface area contributed by atoms with Crippen LogP contribution in [0, 0.1) is 0 Å². The first-order chi connectivity index (χ1) is 15.4. The molecular weight excluding hydrogens is 396 g/mol. The van der Waals surface area contributed by atoms with E-state index in [4.69, 9.17) is 4.42 Å². The van der Waals surface area contributed by atoms with Gasteiger partial charge in [0.05, 0.1) is 5.56 Å². The fourth-order valence-corrected chi connectivity index (χ4v) is 4.06. The molecule has 3 nitrogen and oxygen atoms in total. The lowest BCUT2D eigenvalue weighted by atomic mass is 9.93. The number of unbranched alkanes of at least 4 members (excludes halogenated alkanes) is 2. The molecule has 2 N–H and O–H groups in total. The molecule has 0 saturated heterocycles. The maximum Gasteiger partial charge on any atom is 0.139 e. The molecule has 0 unspecified atom stereocenters. The van der Waals surface area contributed by atoms with Crippen LogP contribution in [0.25, 0.3) is 22.3 Å². The molecule has 0 aliphatic rings. The monoisotopic (exact) mass is 432 g/mol. The molecule has 0 fully saturated rings. The van der Waals surface area contributed by atoms with Gasteiger partial charge < -0.3 is 14.6 Å². The van der Waals surface area contributed by atoms with Gasteiger partial charge in [0.15, 0.2) is 0 Å². The van der Waals surface area contributed by atoms with Crippen LogP contribution in [0.3, 0.4) is 0 Å². The predicted molar refractivity (Wildman–Crippen MR) is 134 cm³/mol. The van der Waals surface area contributed by atoms with Gasteiger partial charge in [-0.2, -0.15) is 0 Å². The molecule has 170 valence electrons. The molecule has 0 bridgehead atoms. The van der Waals surface area contributed by atoms with Gasteiger partial charge in [0, 0.05) is 10.9 Å². The van der Waals surface area contributed by atoms with Crippen LogP contribution in [0.1, 0.15) is 70.9 Å². The number of benzene rings is 2. The third-order valence-electron chi connectivity index (χ3n) is 5.93.